The summed E-state index contributed by atoms with van der Waals surface area (Å²) in [7, 11) is -3.93. The number of nitrogens with one attached hydrogen (secondary N) is 1. The molecule has 3 unspecified atom stereocenters. The maximum absolute atomic E-state index is 13.9. The normalized spacial score (nSPS) is 29.0. The van der Waals surface area contributed by atoms with Gasteiger partial charge in [-0.05, 0) is 43.2 Å². The van der Waals surface area contributed by atoms with Gasteiger partial charge in [-0.25, -0.2) is 17.5 Å². The van der Waals surface area contributed by atoms with Gasteiger partial charge >= 0.3 is 0 Å². The smallest absolute Gasteiger partial charge is 0.243 e. The molecule has 7 heteroatoms. The first-order valence-corrected chi connectivity index (χ1v) is 8.50. The van der Waals surface area contributed by atoms with E-state index in [4.69, 9.17) is 17.3 Å². The predicted molar refractivity (Wildman–Crippen MR) is 75.4 cm³/mol. The lowest BCUT2D eigenvalue weighted by Gasteiger charge is -2.23. The summed E-state index contributed by atoms with van der Waals surface area (Å²) in [5, 5.41) is -0.279. The third-order valence-corrected chi connectivity index (χ3v) is 6.12. The lowest BCUT2D eigenvalue weighted by molar-refractivity contribution is 0.389. The van der Waals surface area contributed by atoms with Gasteiger partial charge in [0.1, 0.15) is 4.90 Å². The van der Waals surface area contributed by atoms with Crippen molar-refractivity contribution in [1.82, 2.24) is 4.72 Å². The van der Waals surface area contributed by atoms with Crippen LogP contribution in [0.15, 0.2) is 17.0 Å². The summed E-state index contributed by atoms with van der Waals surface area (Å²) in [4.78, 5) is -0.467. The minimum absolute atomic E-state index is 0.0987. The first-order chi connectivity index (χ1) is 9.37. The van der Waals surface area contributed by atoms with E-state index in [1.54, 1.807) is 0 Å². The van der Waals surface area contributed by atoms with Crippen LogP contribution in [0.4, 0.5) is 10.1 Å². The quantitative estimate of drug-likeness (QED) is 0.841. The van der Waals surface area contributed by atoms with E-state index in [0.717, 1.165) is 25.3 Å². The Labute approximate surface area is 122 Å². The molecular formula is C13H16ClFN2O2S. The van der Waals surface area contributed by atoms with Crippen LogP contribution in [0.3, 0.4) is 0 Å². The van der Waals surface area contributed by atoms with Gasteiger partial charge in [0, 0.05) is 11.7 Å². The van der Waals surface area contributed by atoms with Gasteiger partial charge in [0.2, 0.25) is 10.0 Å². The predicted octanol–water partition coefficient (Wildman–Crippen LogP) is 2.53. The molecule has 0 saturated heterocycles. The molecule has 0 aromatic heterocycles. The molecule has 2 aliphatic carbocycles. The second-order valence-electron chi connectivity index (χ2n) is 5.72. The molecule has 3 N–H and O–H groups in total. The summed E-state index contributed by atoms with van der Waals surface area (Å²) >= 11 is 5.66. The van der Waals surface area contributed by atoms with Gasteiger partial charge in [-0.1, -0.05) is 18.0 Å². The number of halogens is 2. The van der Waals surface area contributed by atoms with Crippen molar-refractivity contribution < 1.29 is 12.8 Å². The maximum atomic E-state index is 13.9. The number of rotatable bonds is 3. The zero-order valence-electron chi connectivity index (χ0n) is 10.8. The first kappa shape index (κ1) is 14.1. The van der Waals surface area contributed by atoms with Crippen molar-refractivity contribution in [3.8, 4) is 0 Å². The van der Waals surface area contributed by atoms with Gasteiger partial charge < -0.3 is 5.73 Å². The number of hydrogen-bond donors (Lipinski definition) is 2. The van der Waals surface area contributed by atoms with Crippen LogP contribution in [-0.2, 0) is 10.0 Å². The van der Waals surface area contributed by atoms with Crippen molar-refractivity contribution in [2.45, 2.75) is 36.6 Å². The van der Waals surface area contributed by atoms with Crippen molar-refractivity contribution in [1.29, 1.82) is 0 Å². The molecular weight excluding hydrogens is 303 g/mol. The summed E-state index contributed by atoms with van der Waals surface area (Å²) in [6, 6.07) is 2.21. The average molecular weight is 319 g/mol. The molecule has 20 heavy (non-hydrogen) atoms. The van der Waals surface area contributed by atoms with E-state index < -0.39 is 20.7 Å². The number of fused-ring (bicyclic) bond motifs is 2. The molecule has 3 rings (SSSR count). The average Bonchev–Trinajstić information content (AvgIpc) is 2.95. The van der Waals surface area contributed by atoms with Crippen LogP contribution in [0, 0.1) is 17.7 Å². The monoisotopic (exact) mass is 318 g/mol. The van der Waals surface area contributed by atoms with E-state index >= 15 is 0 Å². The third-order valence-electron chi connectivity index (χ3n) is 4.35. The third kappa shape index (κ3) is 2.40. The molecule has 1 aromatic carbocycles. The molecule has 0 heterocycles. The number of nitrogens with two attached hydrogens (primary N) is 1. The molecule has 110 valence electrons. The highest BCUT2D eigenvalue weighted by atomic mass is 35.5. The lowest BCUT2D eigenvalue weighted by atomic mass is 9.96. The summed E-state index contributed by atoms with van der Waals surface area (Å²) in [6.07, 6.45) is 4.11. The summed E-state index contributed by atoms with van der Waals surface area (Å²) < 4.78 is 41.2. The van der Waals surface area contributed by atoms with Crippen molar-refractivity contribution in [2.75, 3.05) is 5.73 Å². The van der Waals surface area contributed by atoms with Crippen LogP contribution < -0.4 is 10.5 Å². The zero-order valence-corrected chi connectivity index (χ0v) is 12.3. The van der Waals surface area contributed by atoms with Gasteiger partial charge in [0.15, 0.2) is 5.82 Å². The fraction of sp³-hybridized carbons (Fsp3) is 0.538. The molecule has 0 aliphatic heterocycles. The van der Waals surface area contributed by atoms with Crippen LogP contribution in [0.25, 0.3) is 0 Å². The van der Waals surface area contributed by atoms with Crippen molar-refractivity contribution in [2.24, 2.45) is 11.8 Å². The van der Waals surface area contributed by atoms with Gasteiger partial charge in [0.25, 0.3) is 0 Å². The van der Waals surface area contributed by atoms with Crippen LogP contribution in [-0.4, -0.2) is 14.5 Å². The highest BCUT2D eigenvalue weighted by molar-refractivity contribution is 7.89. The lowest BCUT2D eigenvalue weighted by Crippen LogP contribution is -2.38. The van der Waals surface area contributed by atoms with E-state index in [9.17, 15) is 12.8 Å². The Balaban J connectivity index is 1.89. The maximum Gasteiger partial charge on any atom is 0.243 e. The van der Waals surface area contributed by atoms with Crippen LogP contribution in [0.2, 0.25) is 5.02 Å². The standard InChI is InChI=1S/C13H16ClFN2O2S/c14-10-5-9(16)6-12(13(10)15)20(18,19)17-11-4-7-1-2-8(11)3-7/h5-8,11,17H,1-4,16H2. The Kier molecular flexibility index (Phi) is 3.43. The Morgan fingerprint density at radius 3 is 2.65 bits per heavy atom. The molecule has 0 amide bonds. The van der Waals surface area contributed by atoms with Gasteiger partial charge in [-0.15, -0.1) is 0 Å². The van der Waals surface area contributed by atoms with E-state index in [1.165, 1.54) is 12.5 Å². The number of sulfonamides is 1. The van der Waals surface area contributed by atoms with Crippen molar-refractivity contribution in [3.63, 3.8) is 0 Å². The molecule has 1 aromatic rings. The van der Waals surface area contributed by atoms with Gasteiger partial charge in [-0.3, -0.25) is 0 Å². The summed E-state index contributed by atoms with van der Waals surface area (Å²) in [6.45, 7) is 0. The summed E-state index contributed by atoms with van der Waals surface area (Å²) in [5.74, 6) is 0.0212. The van der Waals surface area contributed by atoms with Crippen LogP contribution >= 0.6 is 11.6 Å². The van der Waals surface area contributed by atoms with E-state index in [0.29, 0.717) is 11.8 Å². The molecule has 4 nitrogen and oxygen atoms in total. The highest BCUT2D eigenvalue weighted by Gasteiger charge is 2.41. The van der Waals surface area contributed by atoms with E-state index in [2.05, 4.69) is 4.72 Å². The Morgan fingerprint density at radius 1 is 1.30 bits per heavy atom. The summed E-state index contributed by atoms with van der Waals surface area (Å²) in [5.41, 5.74) is 5.68. The number of hydrogen-bond acceptors (Lipinski definition) is 3. The largest absolute Gasteiger partial charge is 0.399 e. The van der Waals surface area contributed by atoms with Crippen LogP contribution in [0.5, 0.6) is 0 Å². The van der Waals surface area contributed by atoms with E-state index in [1.807, 2.05) is 0 Å². The Bertz CT molecular complexity index is 650. The van der Waals surface area contributed by atoms with Crippen LogP contribution in [0.1, 0.15) is 25.7 Å². The topological polar surface area (TPSA) is 72.2 Å². The fourth-order valence-electron chi connectivity index (χ4n) is 3.43. The fourth-order valence-corrected chi connectivity index (χ4v) is 5.17. The number of anilines is 1. The molecule has 2 bridgehead atoms. The Morgan fingerprint density at radius 2 is 2.05 bits per heavy atom. The van der Waals surface area contributed by atoms with Crippen molar-refractivity contribution >= 4 is 27.3 Å². The number of benzene rings is 1. The highest BCUT2D eigenvalue weighted by Crippen LogP contribution is 2.45. The molecule has 2 saturated carbocycles. The number of nitrogen functional groups attached to an aromatic ring is 1. The molecule has 3 atom stereocenters. The minimum Gasteiger partial charge on any atom is -0.399 e. The second kappa shape index (κ2) is 4.86. The Hall–Kier alpha value is -0.850. The van der Waals surface area contributed by atoms with E-state index in [-0.39, 0.29) is 16.8 Å². The second-order valence-corrected chi connectivity index (χ2v) is 7.81. The molecule has 0 radical (unpaired) electrons. The molecule has 0 spiro atoms. The first-order valence-electron chi connectivity index (χ1n) is 6.63. The minimum atomic E-state index is -3.93. The van der Waals surface area contributed by atoms with Crippen molar-refractivity contribution in [3.05, 3.63) is 23.0 Å². The zero-order chi connectivity index (χ0) is 14.5. The van der Waals surface area contributed by atoms with Gasteiger partial charge in [0.05, 0.1) is 5.02 Å². The molecule has 2 fully saturated rings. The molecule has 2 aliphatic rings. The van der Waals surface area contributed by atoms with Gasteiger partial charge in [-0.2, -0.15) is 0 Å². The SMILES string of the molecule is Nc1cc(Cl)c(F)c(S(=O)(=O)NC2CC3CCC2C3)c1.